The zero-order valence-electron chi connectivity index (χ0n) is 34.0. The summed E-state index contributed by atoms with van der Waals surface area (Å²) in [6.45, 7) is 1.28. The number of aryl methyl sites for hydroxylation is 2. The van der Waals surface area contributed by atoms with Gasteiger partial charge in [0.15, 0.2) is 0 Å². The number of unbranched alkanes of at least 4 members (excludes halogenated alkanes) is 8. The first-order valence-corrected chi connectivity index (χ1v) is 21.4. The fourth-order valence-corrected chi connectivity index (χ4v) is 8.54. The number of benzene rings is 1. The Bertz CT molecular complexity index is 2190. The summed E-state index contributed by atoms with van der Waals surface area (Å²) in [4.78, 5) is 74.8. The normalized spacial score (nSPS) is 17.8. The first-order chi connectivity index (χ1) is 28.5. The highest BCUT2D eigenvalue weighted by molar-refractivity contribution is 6.00. The number of aromatic nitrogens is 5. The summed E-state index contributed by atoms with van der Waals surface area (Å²) in [5.41, 5.74) is 1.17. The maximum atomic E-state index is 13.1. The van der Waals surface area contributed by atoms with Gasteiger partial charge in [-0.3, -0.25) is 33.6 Å². The molecule has 4 aromatic rings. The third kappa shape index (κ3) is 11.4. The zero-order chi connectivity index (χ0) is 41.9. The number of aliphatic hydroxyl groups excluding tert-OH is 1. The molecule has 3 aliphatic rings. The van der Waals surface area contributed by atoms with E-state index in [0.29, 0.717) is 37.3 Å². The van der Waals surface area contributed by atoms with Crippen molar-refractivity contribution >= 4 is 45.7 Å². The van der Waals surface area contributed by atoms with Crippen LogP contribution in [0.3, 0.4) is 0 Å². The van der Waals surface area contributed by atoms with Crippen molar-refractivity contribution in [2.45, 2.75) is 147 Å². The number of anilines is 1. The van der Waals surface area contributed by atoms with Crippen LogP contribution in [0.4, 0.5) is 14.7 Å². The number of imidazole rings is 1. The van der Waals surface area contributed by atoms with Crippen molar-refractivity contribution in [1.82, 2.24) is 34.3 Å². The molecule has 0 spiro atoms. The standard InChI is InChI=1S/C38H48F2N8O5.C5H10O/c1-46-32-24(13-11-14-28(32)48(38(46)53)29-16-17-30(49)43-36(29)52)12-9-7-5-3-2-4-6-8-10-15-31(50)47-20-18-26(19-21-47)42-37-41-23-25-22-27(33(39)40)35(51)44-34(25)45-37;6-5-3-1-2-4-5/h11,13-14,22-23,26,29,33H,2-10,12,15-21H2,1H3,(H,43,49,52)(H2,41,42,44,45,51);5-6H,1-4H2. The van der Waals surface area contributed by atoms with Gasteiger partial charge in [-0.15, -0.1) is 0 Å². The van der Waals surface area contributed by atoms with Gasteiger partial charge in [-0.25, -0.2) is 18.6 Å². The van der Waals surface area contributed by atoms with Gasteiger partial charge in [0.25, 0.3) is 12.0 Å². The topological polar surface area (TPSA) is 184 Å². The summed E-state index contributed by atoms with van der Waals surface area (Å²) in [5.74, 6) is -0.231. The minimum Gasteiger partial charge on any atom is -0.393 e. The fourth-order valence-electron chi connectivity index (χ4n) is 8.54. The number of halogens is 2. The lowest BCUT2D eigenvalue weighted by molar-refractivity contribution is -0.136. The van der Waals surface area contributed by atoms with Crippen LogP contribution in [-0.2, 0) is 27.9 Å². The highest BCUT2D eigenvalue weighted by atomic mass is 19.3. The molecular weight excluding hydrogens is 763 g/mol. The Morgan fingerprint density at radius 2 is 1.61 bits per heavy atom. The molecule has 5 heterocycles. The predicted molar refractivity (Wildman–Crippen MR) is 221 cm³/mol. The van der Waals surface area contributed by atoms with Crippen molar-refractivity contribution in [3.63, 3.8) is 0 Å². The molecule has 1 atom stereocenters. The number of alkyl halides is 2. The minimum atomic E-state index is -2.87. The first kappa shape index (κ1) is 43.6. The van der Waals surface area contributed by atoms with Crippen LogP contribution in [0.25, 0.3) is 22.1 Å². The Kier molecular flexibility index (Phi) is 15.4. The van der Waals surface area contributed by atoms with Gasteiger partial charge in [0.2, 0.25) is 23.7 Å². The zero-order valence-corrected chi connectivity index (χ0v) is 34.0. The Labute approximate surface area is 342 Å². The van der Waals surface area contributed by atoms with Gasteiger partial charge in [0, 0.05) is 50.6 Å². The Morgan fingerprint density at radius 1 is 0.932 bits per heavy atom. The second-order valence-corrected chi connectivity index (χ2v) is 16.2. The fraction of sp³-hybridized carbons (Fsp3) is 0.605. The lowest BCUT2D eigenvalue weighted by Gasteiger charge is -2.32. The summed E-state index contributed by atoms with van der Waals surface area (Å²) in [5, 5.41) is 14.7. The van der Waals surface area contributed by atoms with Crippen molar-refractivity contribution in [2.75, 3.05) is 18.4 Å². The number of rotatable bonds is 16. The van der Waals surface area contributed by atoms with Crippen LogP contribution >= 0.6 is 0 Å². The number of fused-ring (bicyclic) bond motifs is 2. The van der Waals surface area contributed by atoms with Crippen LogP contribution in [0, 0.1) is 0 Å². The van der Waals surface area contributed by atoms with Crippen LogP contribution in [-0.4, -0.2) is 77.0 Å². The molecule has 1 unspecified atom stereocenters. The van der Waals surface area contributed by atoms with Crippen LogP contribution < -0.4 is 21.9 Å². The number of nitrogens with zero attached hydrogens (tertiary/aromatic N) is 5. The summed E-state index contributed by atoms with van der Waals surface area (Å²) < 4.78 is 29.2. The quantitative estimate of drug-likeness (QED) is 0.0739. The molecule has 14 nitrogen and oxygen atoms in total. The van der Waals surface area contributed by atoms with Gasteiger partial charge in [-0.05, 0) is 69.1 Å². The van der Waals surface area contributed by atoms with Crippen molar-refractivity contribution < 1.29 is 28.3 Å². The maximum absolute atomic E-state index is 13.1. The molecule has 0 bridgehead atoms. The number of hydrogen-bond donors (Lipinski definition) is 4. The van der Waals surface area contributed by atoms with Crippen molar-refractivity contribution in [3.8, 4) is 0 Å². The molecule has 1 saturated carbocycles. The monoisotopic (exact) mass is 820 g/mol. The van der Waals surface area contributed by atoms with Gasteiger partial charge in [0.1, 0.15) is 11.7 Å². The molecule has 59 heavy (non-hydrogen) atoms. The van der Waals surface area contributed by atoms with E-state index >= 15 is 0 Å². The number of carbonyl (C=O) groups is 3. The molecule has 1 aromatic carbocycles. The highest BCUT2D eigenvalue weighted by Gasteiger charge is 2.31. The Morgan fingerprint density at radius 3 is 2.25 bits per heavy atom. The summed E-state index contributed by atoms with van der Waals surface area (Å²) in [6.07, 6.45) is 16.3. The number of piperidine rings is 2. The average molecular weight is 821 g/mol. The molecule has 7 rings (SSSR count). The molecule has 1 aliphatic carbocycles. The molecule has 2 saturated heterocycles. The second-order valence-electron chi connectivity index (χ2n) is 16.2. The number of hydrogen-bond acceptors (Lipinski definition) is 9. The second kappa shape index (κ2) is 20.8. The largest absolute Gasteiger partial charge is 0.393 e. The summed E-state index contributed by atoms with van der Waals surface area (Å²) in [7, 11) is 1.74. The van der Waals surface area contributed by atoms with Crippen molar-refractivity contribution in [2.24, 2.45) is 7.05 Å². The molecule has 2 aliphatic heterocycles. The van der Waals surface area contributed by atoms with Crippen molar-refractivity contribution in [1.29, 1.82) is 0 Å². The van der Waals surface area contributed by atoms with E-state index in [9.17, 15) is 32.8 Å². The van der Waals surface area contributed by atoms with Gasteiger partial charge >= 0.3 is 5.69 Å². The number of H-pyrrole nitrogens is 1. The molecule has 4 N–H and O–H groups in total. The molecular formula is C43H58F2N8O6. The van der Waals surface area contributed by atoms with E-state index in [1.807, 2.05) is 23.1 Å². The van der Waals surface area contributed by atoms with Crippen LogP contribution in [0.1, 0.15) is 139 Å². The number of imide groups is 1. The molecule has 16 heteroatoms. The summed E-state index contributed by atoms with van der Waals surface area (Å²) >= 11 is 0. The maximum Gasteiger partial charge on any atom is 0.329 e. The number of pyridine rings is 1. The number of aliphatic hydroxyl groups is 1. The molecule has 320 valence electrons. The van der Waals surface area contributed by atoms with E-state index in [1.54, 1.807) is 11.6 Å². The van der Waals surface area contributed by atoms with E-state index < -0.39 is 29.5 Å². The molecule has 3 aromatic heterocycles. The Balaban J connectivity index is 0.000000894. The number of para-hydroxylation sites is 1. The average Bonchev–Trinajstić information content (AvgIpc) is 3.80. The van der Waals surface area contributed by atoms with E-state index in [1.165, 1.54) is 30.0 Å². The number of likely N-dealkylation sites (tertiary alicyclic amines) is 1. The van der Waals surface area contributed by atoms with Crippen LogP contribution in [0.2, 0.25) is 0 Å². The van der Waals surface area contributed by atoms with Gasteiger partial charge < -0.3 is 20.3 Å². The van der Waals surface area contributed by atoms with Crippen LogP contribution in [0.5, 0.6) is 0 Å². The van der Waals surface area contributed by atoms with E-state index in [2.05, 4.69) is 25.6 Å². The smallest absolute Gasteiger partial charge is 0.329 e. The van der Waals surface area contributed by atoms with Gasteiger partial charge in [-0.2, -0.15) is 4.98 Å². The summed E-state index contributed by atoms with van der Waals surface area (Å²) in [6, 6.07) is 6.35. The number of aromatic amines is 1. The lowest BCUT2D eigenvalue weighted by Crippen LogP contribution is -2.44. The van der Waals surface area contributed by atoms with Gasteiger partial charge in [-0.1, -0.05) is 69.9 Å². The minimum absolute atomic E-state index is 0.0463. The van der Waals surface area contributed by atoms with E-state index in [4.69, 9.17) is 5.11 Å². The molecule has 3 fully saturated rings. The number of nitrogens with one attached hydrogen (secondary N) is 3. The first-order valence-electron chi connectivity index (χ1n) is 21.4. The third-order valence-electron chi connectivity index (χ3n) is 11.9. The number of carbonyl (C=O) groups excluding carboxylic acids is 3. The lowest BCUT2D eigenvalue weighted by atomic mass is 10.0. The predicted octanol–water partition coefficient (Wildman–Crippen LogP) is 6.35. The SMILES string of the molecule is Cn1c(=O)n(C2CCC(=O)NC2=O)c2cccc(CCCCCCCCCCCC(=O)N3CCC(Nc4ncc5cc(C(F)F)c(=O)[nH]c5n4)CC3)c21.OC1CCCC1. The third-order valence-corrected chi connectivity index (χ3v) is 11.9. The van der Waals surface area contributed by atoms with E-state index in [-0.39, 0.29) is 41.7 Å². The molecule has 3 amide bonds. The van der Waals surface area contributed by atoms with Crippen LogP contribution in [0.15, 0.2) is 40.1 Å². The van der Waals surface area contributed by atoms with Crippen molar-refractivity contribution in [3.05, 3.63) is 62.4 Å². The molecule has 0 radical (unpaired) electrons. The van der Waals surface area contributed by atoms with E-state index in [0.717, 1.165) is 106 Å². The number of amides is 3. The van der Waals surface area contributed by atoms with Gasteiger partial charge in [0.05, 0.1) is 22.7 Å². The highest BCUT2D eigenvalue weighted by Crippen LogP contribution is 2.27. The Hall–Kier alpha value is -4.99.